The van der Waals surface area contributed by atoms with E-state index in [9.17, 15) is 4.79 Å². The summed E-state index contributed by atoms with van der Waals surface area (Å²) in [4.78, 5) is 11.8. The number of carbonyl (C=O) groups is 1. The lowest BCUT2D eigenvalue weighted by Crippen LogP contribution is -2.28. The lowest BCUT2D eigenvalue weighted by atomic mass is 9.91. The molecule has 0 spiro atoms. The Morgan fingerprint density at radius 2 is 1.94 bits per heavy atom. The number of ether oxygens (including phenoxy) is 1. The summed E-state index contributed by atoms with van der Waals surface area (Å²) in [5.74, 6) is 0.387. The van der Waals surface area contributed by atoms with Crippen LogP contribution < -0.4 is 4.74 Å². The highest BCUT2D eigenvalue weighted by Gasteiger charge is 2.27. The summed E-state index contributed by atoms with van der Waals surface area (Å²) in [7, 11) is 0. The molecule has 0 aliphatic carbocycles. The van der Waals surface area contributed by atoms with Crippen LogP contribution in [0.5, 0.6) is 5.75 Å². The second-order valence-corrected chi connectivity index (χ2v) is 4.40. The van der Waals surface area contributed by atoms with Gasteiger partial charge in [-0.25, -0.2) is 0 Å². The Labute approximate surface area is 96.9 Å². The van der Waals surface area contributed by atoms with Crippen molar-refractivity contribution in [2.45, 2.75) is 27.2 Å². The SMILES string of the molecule is C=Cc1ccc(OC(=O)C(C)(C)CC)cc1. The smallest absolute Gasteiger partial charge is 0.316 e. The van der Waals surface area contributed by atoms with Crippen LogP contribution in [-0.4, -0.2) is 5.97 Å². The molecule has 0 aliphatic heterocycles. The third kappa shape index (κ3) is 2.96. The highest BCUT2D eigenvalue weighted by Crippen LogP contribution is 2.23. The largest absolute Gasteiger partial charge is 0.426 e. The molecular formula is C14H18O2. The average Bonchev–Trinajstić information content (AvgIpc) is 2.30. The fourth-order valence-corrected chi connectivity index (χ4v) is 1.06. The third-order valence-electron chi connectivity index (χ3n) is 2.76. The van der Waals surface area contributed by atoms with E-state index in [2.05, 4.69) is 6.58 Å². The number of carbonyl (C=O) groups excluding carboxylic acids is 1. The molecule has 0 aliphatic rings. The Kier molecular flexibility index (Phi) is 3.88. The van der Waals surface area contributed by atoms with Crippen LogP contribution in [-0.2, 0) is 4.79 Å². The lowest BCUT2D eigenvalue weighted by molar-refractivity contribution is -0.144. The molecule has 1 aromatic rings. The zero-order chi connectivity index (χ0) is 12.2. The molecule has 86 valence electrons. The second kappa shape index (κ2) is 4.97. The third-order valence-corrected chi connectivity index (χ3v) is 2.76. The van der Waals surface area contributed by atoms with Gasteiger partial charge in [0.2, 0.25) is 0 Å². The van der Waals surface area contributed by atoms with Gasteiger partial charge in [0.25, 0.3) is 0 Å². The van der Waals surface area contributed by atoms with Gasteiger partial charge in [-0.3, -0.25) is 4.79 Å². The van der Waals surface area contributed by atoms with Gasteiger partial charge >= 0.3 is 5.97 Å². The maximum absolute atomic E-state index is 11.8. The van der Waals surface area contributed by atoms with Crippen LogP contribution in [0.25, 0.3) is 6.08 Å². The maximum atomic E-state index is 11.8. The minimum Gasteiger partial charge on any atom is -0.426 e. The second-order valence-electron chi connectivity index (χ2n) is 4.40. The fraction of sp³-hybridized carbons (Fsp3) is 0.357. The van der Waals surface area contributed by atoms with Crippen LogP contribution in [0.3, 0.4) is 0 Å². The van der Waals surface area contributed by atoms with Gasteiger partial charge < -0.3 is 4.74 Å². The summed E-state index contributed by atoms with van der Waals surface area (Å²) in [6.45, 7) is 9.41. The van der Waals surface area contributed by atoms with Gasteiger partial charge in [0.05, 0.1) is 5.41 Å². The molecule has 0 aromatic heterocycles. The Hall–Kier alpha value is -1.57. The molecule has 0 fully saturated rings. The number of esters is 1. The van der Waals surface area contributed by atoms with Crippen LogP contribution in [0.2, 0.25) is 0 Å². The Morgan fingerprint density at radius 1 is 1.38 bits per heavy atom. The first-order valence-electron chi connectivity index (χ1n) is 5.44. The Morgan fingerprint density at radius 3 is 2.38 bits per heavy atom. The topological polar surface area (TPSA) is 26.3 Å². The average molecular weight is 218 g/mol. The first kappa shape index (κ1) is 12.5. The van der Waals surface area contributed by atoms with E-state index in [1.54, 1.807) is 18.2 Å². The van der Waals surface area contributed by atoms with E-state index < -0.39 is 5.41 Å². The summed E-state index contributed by atoms with van der Waals surface area (Å²) in [6, 6.07) is 7.30. The van der Waals surface area contributed by atoms with Crippen LogP contribution in [0.15, 0.2) is 30.8 Å². The molecule has 0 saturated carbocycles. The maximum Gasteiger partial charge on any atom is 0.316 e. The lowest BCUT2D eigenvalue weighted by Gasteiger charge is -2.20. The molecule has 16 heavy (non-hydrogen) atoms. The van der Waals surface area contributed by atoms with E-state index in [-0.39, 0.29) is 5.97 Å². The van der Waals surface area contributed by atoms with Gasteiger partial charge in [0.1, 0.15) is 5.75 Å². The van der Waals surface area contributed by atoms with Crippen LogP contribution >= 0.6 is 0 Å². The van der Waals surface area contributed by atoms with E-state index in [0.717, 1.165) is 12.0 Å². The molecule has 0 bridgehead atoms. The first-order valence-corrected chi connectivity index (χ1v) is 5.44. The van der Waals surface area contributed by atoms with Crippen molar-refractivity contribution >= 4 is 12.0 Å². The molecule has 2 heteroatoms. The molecule has 2 nitrogen and oxygen atoms in total. The van der Waals surface area contributed by atoms with Crippen LogP contribution in [0, 0.1) is 5.41 Å². The van der Waals surface area contributed by atoms with Gasteiger partial charge in [-0.1, -0.05) is 31.7 Å². The van der Waals surface area contributed by atoms with E-state index in [0.29, 0.717) is 5.75 Å². The van der Waals surface area contributed by atoms with Gasteiger partial charge in [-0.05, 0) is 38.0 Å². The highest BCUT2D eigenvalue weighted by molar-refractivity contribution is 5.78. The Balaban J connectivity index is 2.73. The summed E-state index contributed by atoms with van der Waals surface area (Å²) < 4.78 is 5.30. The van der Waals surface area contributed by atoms with Crippen LogP contribution in [0.4, 0.5) is 0 Å². The number of hydrogen-bond donors (Lipinski definition) is 0. The fourth-order valence-electron chi connectivity index (χ4n) is 1.06. The summed E-state index contributed by atoms with van der Waals surface area (Å²) in [5, 5.41) is 0. The van der Waals surface area contributed by atoms with Gasteiger partial charge in [-0.15, -0.1) is 0 Å². The van der Waals surface area contributed by atoms with Crippen molar-refractivity contribution in [1.82, 2.24) is 0 Å². The van der Waals surface area contributed by atoms with E-state index >= 15 is 0 Å². The molecule has 0 atom stereocenters. The quantitative estimate of drug-likeness (QED) is 0.569. The summed E-state index contributed by atoms with van der Waals surface area (Å²) in [6.07, 6.45) is 2.51. The number of benzene rings is 1. The normalized spacial score (nSPS) is 10.9. The zero-order valence-corrected chi connectivity index (χ0v) is 10.1. The van der Waals surface area contributed by atoms with Gasteiger partial charge in [-0.2, -0.15) is 0 Å². The molecule has 0 N–H and O–H groups in total. The minimum atomic E-state index is -0.433. The van der Waals surface area contributed by atoms with Crippen molar-refractivity contribution in [3.05, 3.63) is 36.4 Å². The summed E-state index contributed by atoms with van der Waals surface area (Å²) >= 11 is 0. The number of rotatable bonds is 4. The molecule has 1 aromatic carbocycles. The minimum absolute atomic E-state index is 0.193. The van der Waals surface area contributed by atoms with Crippen molar-refractivity contribution in [2.24, 2.45) is 5.41 Å². The van der Waals surface area contributed by atoms with Crippen molar-refractivity contribution in [3.63, 3.8) is 0 Å². The molecule has 0 saturated heterocycles. The molecule has 1 rings (SSSR count). The predicted molar refractivity (Wildman–Crippen MR) is 66.2 cm³/mol. The van der Waals surface area contributed by atoms with E-state index in [4.69, 9.17) is 4.74 Å². The van der Waals surface area contributed by atoms with Crippen molar-refractivity contribution < 1.29 is 9.53 Å². The molecule has 0 unspecified atom stereocenters. The molecule has 0 heterocycles. The predicted octanol–water partition coefficient (Wildman–Crippen LogP) is 3.67. The first-order chi connectivity index (χ1) is 7.49. The van der Waals surface area contributed by atoms with E-state index in [1.807, 2.05) is 32.9 Å². The van der Waals surface area contributed by atoms with Crippen molar-refractivity contribution in [1.29, 1.82) is 0 Å². The van der Waals surface area contributed by atoms with Gasteiger partial charge in [0.15, 0.2) is 0 Å². The monoisotopic (exact) mass is 218 g/mol. The van der Waals surface area contributed by atoms with Gasteiger partial charge in [0, 0.05) is 0 Å². The molecule has 0 amide bonds. The van der Waals surface area contributed by atoms with Crippen LogP contribution in [0.1, 0.15) is 32.8 Å². The van der Waals surface area contributed by atoms with Crippen molar-refractivity contribution in [3.8, 4) is 5.75 Å². The standard InChI is InChI=1S/C14H18O2/c1-5-11-7-9-12(10-8-11)16-13(15)14(3,4)6-2/h5,7-10H,1,6H2,2-4H3. The zero-order valence-electron chi connectivity index (χ0n) is 10.1. The molecular weight excluding hydrogens is 200 g/mol. The summed E-state index contributed by atoms with van der Waals surface area (Å²) in [5.41, 5.74) is 0.575. The highest BCUT2D eigenvalue weighted by atomic mass is 16.5. The van der Waals surface area contributed by atoms with E-state index in [1.165, 1.54) is 0 Å². The number of hydrogen-bond acceptors (Lipinski definition) is 2. The Bertz CT molecular complexity index is 374. The molecule has 0 radical (unpaired) electrons. The van der Waals surface area contributed by atoms with Crippen molar-refractivity contribution in [2.75, 3.05) is 0 Å².